The monoisotopic (exact) mass is 340 g/mol. The molecule has 1 heterocycles. The number of benzene rings is 1. The number of nitrogens with one attached hydrogen (secondary N) is 1. The number of hydrogen-bond donors (Lipinski definition) is 1. The Labute approximate surface area is 147 Å². The first-order chi connectivity index (χ1) is 12.1. The van der Waals surface area contributed by atoms with E-state index in [1.807, 2.05) is 31.2 Å². The topological polar surface area (TPSA) is 60.3 Å². The Kier molecular flexibility index (Phi) is 4.93. The highest BCUT2D eigenvalue weighted by Gasteiger charge is 2.42. The van der Waals surface area contributed by atoms with Crippen molar-refractivity contribution in [1.29, 1.82) is 0 Å². The molecule has 0 saturated heterocycles. The summed E-state index contributed by atoms with van der Waals surface area (Å²) < 4.78 is 6.81. The lowest BCUT2D eigenvalue weighted by Gasteiger charge is -2.28. The van der Waals surface area contributed by atoms with Gasteiger partial charge in [0.2, 0.25) is 5.91 Å². The highest BCUT2D eigenvalue weighted by molar-refractivity contribution is 5.99. The van der Waals surface area contributed by atoms with Crippen LogP contribution < -0.4 is 15.6 Å². The molecule has 1 aliphatic carbocycles. The van der Waals surface area contributed by atoms with Crippen molar-refractivity contribution in [3.8, 4) is 5.75 Å². The van der Waals surface area contributed by atoms with Gasteiger partial charge < -0.3 is 14.6 Å². The molecule has 1 amide bonds. The van der Waals surface area contributed by atoms with Gasteiger partial charge in [0.1, 0.15) is 5.75 Å². The number of aryl methyl sites for hydroxylation is 1. The van der Waals surface area contributed by atoms with Crippen LogP contribution in [0.5, 0.6) is 5.75 Å². The van der Waals surface area contributed by atoms with Crippen molar-refractivity contribution in [2.24, 2.45) is 0 Å². The minimum Gasteiger partial charge on any atom is -0.497 e. The third-order valence-electron chi connectivity index (χ3n) is 5.12. The van der Waals surface area contributed by atoms with Gasteiger partial charge in [-0.2, -0.15) is 0 Å². The van der Waals surface area contributed by atoms with Gasteiger partial charge in [0.05, 0.1) is 18.2 Å². The van der Waals surface area contributed by atoms with Crippen LogP contribution in [0.2, 0.25) is 0 Å². The average Bonchev–Trinajstić information content (AvgIpc) is 3.14. The van der Waals surface area contributed by atoms with Crippen LogP contribution in [0.1, 0.15) is 38.2 Å². The van der Waals surface area contributed by atoms with E-state index >= 15 is 0 Å². The number of carbonyl (C=O) groups is 1. The summed E-state index contributed by atoms with van der Waals surface area (Å²) in [6.45, 7) is 2.48. The molecule has 1 aromatic carbocycles. The van der Waals surface area contributed by atoms with E-state index in [9.17, 15) is 9.59 Å². The van der Waals surface area contributed by atoms with Crippen molar-refractivity contribution >= 4 is 11.6 Å². The van der Waals surface area contributed by atoms with Crippen molar-refractivity contribution in [2.45, 2.75) is 44.6 Å². The molecule has 0 radical (unpaired) electrons. The summed E-state index contributed by atoms with van der Waals surface area (Å²) in [5.74, 6) is 0.781. The van der Waals surface area contributed by atoms with E-state index in [0.29, 0.717) is 12.2 Å². The van der Waals surface area contributed by atoms with E-state index in [1.165, 1.54) is 6.07 Å². The first kappa shape index (κ1) is 17.3. The van der Waals surface area contributed by atoms with E-state index in [-0.39, 0.29) is 11.5 Å². The largest absolute Gasteiger partial charge is 0.497 e. The molecule has 3 rings (SSSR count). The molecule has 0 unspecified atom stereocenters. The summed E-state index contributed by atoms with van der Waals surface area (Å²) in [5, 5.41) is 3.02. The zero-order valence-corrected chi connectivity index (χ0v) is 14.7. The van der Waals surface area contributed by atoms with Crippen LogP contribution in [-0.4, -0.2) is 17.6 Å². The molecular weight excluding hydrogens is 316 g/mol. The van der Waals surface area contributed by atoms with E-state index in [2.05, 4.69) is 5.32 Å². The van der Waals surface area contributed by atoms with Crippen LogP contribution in [0.4, 0.5) is 5.69 Å². The number of anilines is 1. The number of carbonyl (C=O) groups excluding carboxylic acids is 1. The fourth-order valence-corrected chi connectivity index (χ4v) is 3.64. The molecule has 2 aromatic rings. The summed E-state index contributed by atoms with van der Waals surface area (Å²) in [5.41, 5.74) is 1.10. The summed E-state index contributed by atoms with van der Waals surface area (Å²) >= 11 is 0. The van der Waals surface area contributed by atoms with Gasteiger partial charge in [0.15, 0.2) is 0 Å². The number of pyridine rings is 1. The molecule has 0 aliphatic heterocycles. The molecule has 0 spiro atoms. The summed E-state index contributed by atoms with van der Waals surface area (Å²) in [6, 6.07) is 10.9. The van der Waals surface area contributed by atoms with Gasteiger partial charge in [-0.3, -0.25) is 9.59 Å². The fourth-order valence-electron chi connectivity index (χ4n) is 3.64. The van der Waals surface area contributed by atoms with E-state index in [1.54, 1.807) is 23.9 Å². The normalized spacial score (nSPS) is 15.8. The number of aromatic nitrogens is 1. The fraction of sp³-hybridized carbons (Fsp3) is 0.400. The number of methoxy groups -OCH3 is 1. The van der Waals surface area contributed by atoms with Crippen LogP contribution in [0, 0.1) is 0 Å². The number of rotatable bonds is 5. The van der Waals surface area contributed by atoms with Crippen LogP contribution >= 0.6 is 0 Å². The van der Waals surface area contributed by atoms with Crippen LogP contribution in [-0.2, 0) is 16.8 Å². The zero-order valence-electron chi connectivity index (χ0n) is 14.7. The minimum absolute atomic E-state index is 0.00327. The molecule has 1 aromatic heterocycles. The summed E-state index contributed by atoms with van der Waals surface area (Å²) in [4.78, 5) is 24.9. The van der Waals surface area contributed by atoms with Crippen LogP contribution in [0.3, 0.4) is 0 Å². The standard InChI is InChI=1S/C20H24N2O3/c1-3-22-14-16(8-11-18(22)23)21-19(24)20(12-4-5-13-20)15-6-9-17(25-2)10-7-15/h6-11,14H,3-5,12-13H2,1-2H3,(H,21,24). The molecule has 5 heteroatoms. The Hall–Kier alpha value is -2.56. The molecule has 1 fully saturated rings. The quantitative estimate of drug-likeness (QED) is 0.908. The van der Waals surface area contributed by atoms with Gasteiger partial charge in [-0.25, -0.2) is 0 Å². The predicted octanol–water partition coefficient (Wildman–Crippen LogP) is 3.33. The summed E-state index contributed by atoms with van der Waals surface area (Å²) in [6.07, 6.45) is 5.44. The van der Waals surface area contributed by atoms with Crippen molar-refractivity contribution in [2.75, 3.05) is 12.4 Å². The van der Waals surface area contributed by atoms with Gasteiger partial charge in [0.25, 0.3) is 5.56 Å². The van der Waals surface area contributed by atoms with Crippen molar-refractivity contribution < 1.29 is 9.53 Å². The Balaban J connectivity index is 1.89. The van der Waals surface area contributed by atoms with Crippen molar-refractivity contribution in [1.82, 2.24) is 4.57 Å². The lowest BCUT2D eigenvalue weighted by Crippen LogP contribution is -2.38. The molecule has 1 saturated carbocycles. The van der Waals surface area contributed by atoms with Gasteiger partial charge in [-0.15, -0.1) is 0 Å². The smallest absolute Gasteiger partial charge is 0.250 e. The van der Waals surface area contributed by atoms with Gasteiger partial charge in [-0.1, -0.05) is 25.0 Å². The van der Waals surface area contributed by atoms with Gasteiger partial charge in [0, 0.05) is 18.8 Å². The first-order valence-electron chi connectivity index (χ1n) is 8.75. The van der Waals surface area contributed by atoms with E-state index in [0.717, 1.165) is 37.0 Å². The Morgan fingerprint density at radius 1 is 1.16 bits per heavy atom. The second kappa shape index (κ2) is 7.13. The minimum atomic E-state index is -0.514. The molecule has 5 nitrogen and oxygen atoms in total. The lowest BCUT2D eigenvalue weighted by atomic mass is 9.78. The Bertz CT molecular complexity index is 802. The summed E-state index contributed by atoms with van der Waals surface area (Å²) in [7, 11) is 1.63. The molecule has 0 bridgehead atoms. The molecule has 1 aliphatic rings. The third kappa shape index (κ3) is 3.31. The number of hydrogen-bond acceptors (Lipinski definition) is 3. The van der Waals surface area contributed by atoms with E-state index in [4.69, 9.17) is 4.74 Å². The third-order valence-corrected chi connectivity index (χ3v) is 5.12. The van der Waals surface area contributed by atoms with Crippen LogP contribution in [0.25, 0.3) is 0 Å². The SMILES string of the molecule is CCn1cc(NC(=O)C2(c3ccc(OC)cc3)CCCC2)ccc1=O. The number of ether oxygens (including phenoxy) is 1. The molecule has 1 N–H and O–H groups in total. The van der Waals surface area contributed by atoms with Gasteiger partial charge in [-0.05, 0) is 43.5 Å². The Morgan fingerprint density at radius 3 is 2.44 bits per heavy atom. The van der Waals surface area contributed by atoms with Crippen LogP contribution in [0.15, 0.2) is 47.4 Å². The first-order valence-corrected chi connectivity index (χ1v) is 8.75. The second-order valence-electron chi connectivity index (χ2n) is 6.51. The maximum absolute atomic E-state index is 13.1. The Morgan fingerprint density at radius 2 is 1.84 bits per heavy atom. The molecule has 132 valence electrons. The number of nitrogens with zero attached hydrogens (tertiary/aromatic N) is 1. The van der Waals surface area contributed by atoms with Crippen molar-refractivity contribution in [3.05, 3.63) is 58.5 Å². The molecule has 25 heavy (non-hydrogen) atoms. The maximum Gasteiger partial charge on any atom is 0.250 e. The predicted molar refractivity (Wildman–Crippen MR) is 98.1 cm³/mol. The molecule has 0 atom stereocenters. The zero-order chi connectivity index (χ0) is 17.9. The maximum atomic E-state index is 13.1. The highest BCUT2D eigenvalue weighted by Crippen LogP contribution is 2.42. The number of amides is 1. The van der Waals surface area contributed by atoms with Crippen molar-refractivity contribution in [3.63, 3.8) is 0 Å². The molecular formula is C20H24N2O3. The van der Waals surface area contributed by atoms with E-state index < -0.39 is 5.41 Å². The van der Waals surface area contributed by atoms with Gasteiger partial charge >= 0.3 is 0 Å². The lowest BCUT2D eigenvalue weighted by molar-refractivity contribution is -0.121. The second-order valence-corrected chi connectivity index (χ2v) is 6.51. The highest BCUT2D eigenvalue weighted by atomic mass is 16.5. The average molecular weight is 340 g/mol.